The number of allylic oxidation sites excluding steroid dienone is 12. The minimum absolute atomic E-state index is 0.0948. The Morgan fingerprint density at radius 2 is 0.949 bits per heavy atom. The summed E-state index contributed by atoms with van der Waals surface area (Å²) in [6.07, 6.45) is 49.8. The van der Waals surface area contributed by atoms with Crippen LogP contribution in [0.4, 0.5) is 0 Å². The molecule has 0 rings (SSSR count). The highest BCUT2D eigenvalue weighted by Crippen LogP contribution is 2.43. The van der Waals surface area contributed by atoms with Gasteiger partial charge in [-0.3, -0.25) is 23.4 Å². The predicted octanol–water partition coefficient (Wildman–Crippen LogP) is 12.1. The first-order chi connectivity index (χ1) is 28.6. The molecule has 0 bridgehead atoms. The van der Waals surface area contributed by atoms with Gasteiger partial charge in [0.25, 0.3) is 0 Å². The molecule has 0 fully saturated rings. The molecule has 12 heteroatoms. The number of rotatable bonds is 41. The van der Waals surface area contributed by atoms with Gasteiger partial charge in [0, 0.05) is 12.8 Å². The normalized spacial score (nSPS) is 14.4. The Balaban J connectivity index is 4.46. The molecule has 0 aliphatic carbocycles. The number of hydrogen-bond donors (Lipinski definition) is 3. The molecular weight excluding hydrogens is 769 g/mol. The van der Waals surface area contributed by atoms with Gasteiger partial charge in [0.1, 0.15) is 12.6 Å². The van der Waals surface area contributed by atoms with Crippen molar-refractivity contribution in [2.75, 3.05) is 19.8 Å². The van der Waals surface area contributed by atoms with Gasteiger partial charge in [-0.1, -0.05) is 183 Å². The summed E-state index contributed by atoms with van der Waals surface area (Å²) in [5.74, 6) is -2.49. The number of unbranched alkanes of at least 4 members (excludes halogenated alkanes) is 15. The van der Waals surface area contributed by atoms with E-state index < -0.39 is 51.1 Å². The average molecular weight is 850 g/mol. The smallest absolute Gasteiger partial charge is 0.472 e. The second kappa shape index (κ2) is 41.6. The summed E-state index contributed by atoms with van der Waals surface area (Å²) in [5.41, 5.74) is 5.33. The number of hydrogen-bond acceptors (Lipinski definition) is 9. The third kappa shape index (κ3) is 41.4. The van der Waals surface area contributed by atoms with Crippen molar-refractivity contribution in [3.05, 3.63) is 72.9 Å². The van der Waals surface area contributed by atoms with Crippen LogP contribution in [0.3, 0.4) is 0 Å². The molecule has 0 saturated carbocycles. The van der Waals surface area contributed by atoms with Gasteiger partial charge < -0.3 is 25.2 Å². The number of nitrogens with two attached hydrogens (primary N) is 1. The Hall–Kier alpha value is -3.08. The molecule has 0 aromatic heterocycles. The fourth-order valence-corrected chi connectivity index (χ4v) is 6.52. The number of carbonyl (C=O) groups is 3. The van der Waals surface area contributed by atoms with Gasteiger partial charge in [0.15, 0.2) is 6.10 Å². The van der Waals surface area contributed by atoms with Gasteiger partial charge >= 0.3 is 25.7 Å². The highest BCUT2D eigenvalue weighted by atomic mass is 31.2. The van der Waals surface area contributed by atoms with Crippen LogP contribution in [-0.4, -0.2) is 59.9 Å². The van der Waals surface area contributed by atoms with Crippen LogP contribution in [0.5, 0.6) is 0 Å². The van der Waals surface area contributed by atoms with Crippen LogP contribution in [-0.2, 0) is 37.5 Å². The highest BCUT2D eigenvalue weighted by molar-refractivity contribution is 7.47. The van der Waals surface area contributed by atoms with E-state index >= 15 is 0 Å². The van der Waals surface area contributed by atoms with Crippen LogP contribution in [0, 0.1) is 0 Å². The lowest BCUT2D eigenvalue weighted by Gasteiger charge is -2.20. The molecule has 59 heavy (non-hydrogen) atoms. The topological polar surface area (TPSA) is 172 Å². The van der Waals surface area contributed by atoms with Crippen molar-refractivity contribution in [3.8, 4) is 0 Å². The van der Waals surface area contributed by atoms with E-state index in [0.717, 1.165) is 57.8 Å². The average Bonchev–Trinajstić information content (AvgIpc) is 3.21. The van der Waals surface area contributed by atoms with E-state index in [0.29, 0.717) is 12.8 Å². The van der Waals surface area contributed by atoms with Crippen molar-refractivity contribution in [3.63, 3.8) is 0 Å². The standard InChI is InChI=1S/C47H80NO10P/c1-3-5-7-9-11-13-15-17-19-21-22-23-25-26-28-30-32-34-36-38-45(49)55-40-43(41-56-59(53,54)57-42-44(48)47(51)52)58-46(50)39-37-35-33-31-29-27-24-20-18-16-14-12-10-8-6-4-2/h5,7,11,13,17,19,22-23,26,28,32,34,43-44H,3-4,6,8-10,12,14-16,18,20-21,24-25,27,29-31,33,35-42,48H2,1-2H3,(H,51,52)(H,53,54)/b7-5+,13-11+,19-17+,23-22+,28-26+,34-32+/t43-,44+/m1/s1. The van der Waals surface area contributed by atoms with Crippen molar-refractivity contribution in [2.24, 2.45) is 5.73 Å². The Kier molecular flexibility index (Phi) is 39.5. The van der Waals surface area contributed by atoms with Gasteiger partial charge in [-0.25, -0.2) is 4.57 Å². The Morgan fingerprint density at radius 3 is 1.39 bits per heavy atom. The lowest BCUT2D eigenvalue weighted by Crippen LogP contribution is -2.34. The molecule has 0 aliphatic rings. The molecule has 0 amide bonds. The molecule has 0 spiro atoms. The number of ether oxygens (including phenoxy) is 2. The second-order valence-electron chi connectivity index (χ2n) is 14.8. The molecule has 4 N–H and O–H groups in total. The number of phosphoric acid groups is 1. The number of carbonyl (C=O) groups excluding carboxylic acids is 2. The number of carboxylic acids is 1. The third-order valence-electron chi connectivity index (χ3n) is 9.23. The maximum atomic E-state index is 12.6. The summed E-state index contributed by atoms with van der Waals surface area (Å²) >= 11 is 0. The van der Waals surface area contributed by atoms with Crippen molar-refractivity contribution in [1.29, 1.82) is 0 Å². The Labute approximate surface area is 357 Å². The van der Waals surface area contributed by atoms with Crippen molar-refractivity contribution in [2.45, 2.75) is 187 Å². The second-order valence-corrected chi connectivity index (χ2v) is 16.3. The first-order valence-electron chi connectivity index (χ1n) is 22.5. The number of phosphoric ester groups is 1. The fraction of sp³-hybridized carbons (Fsp3) is 0.681. The quantitative estimate of drug-likeness (QED) is 0.0231. The van der Waals surface area contributed by atoms with Crippen LogP contribution in [0.15, 0.2) is 72.9 Å². The van der Waals surface area contributed by atoms with E-state index in [-0.39, 0.29) is 19.4 Å². The van der Waals surface area contributed by atoms with Gasteiger partial charge in [-0.2, -0.15) is 0 Å². The monoisotopic (exact) mass is 850 g/mol. The van der Waals surface area contributed by atoms with E-state index in [4.69, 9.17) is 24.8 Å². The van der Waals surface area contributed by atoms with Gasteiger partial charge in [-0.15, -0.1) is 0 Å². The minimum Gasteiger partial charge on any atom is -0.480 e. The molecule has 0 aromatic rings. The van der Waals surface area contributed by atoms with E-state index in [1.165, 1.54) is 77.0 Å². The molecule has 0 aliphatic heterocycles. The molecule has 0 heterocycles. The maximum absolute atomic E-state index is 12.6. The van der Waals surface area contributed by atoms with Crippen molar-refractivity contribution >= 4 is 25.7 Å². The third-order valence-corrected chi connectivity index (χ3v) is 10.2. The zero-order valence-electron chi connectivity index (χ0n) is 36.6. The maximum Gasteiger partial charge on any atom is 0.472 e. The molecule has 0 radical (unpaired) electrons. The summed E-state index contributed by atoms with van der Waals surface area (Å²) in [5, 5.41) is 8.89. The molecule has 0 aromatic carbocycles. The first kappa shape index (κ1) is 55.9. The first-order valence-corrected chi connectivity index (χ1v) is 24.0. The number of esters is 2. The van der Waals surface area contributed by atoms with E-state index in [1.54, 1.807) is 0 Å². The highest BCUT2D eigenvalue weighted by Gasteiger charge is 2.28. The fourth-order valence-electron chi connectivity index (χ4n) is 5.74. The molecule has 3 atom stereocenters. The van der Waals surface area contributed by atoms with Crippen LogP contribution in [0.2, 0.25) is 0 Å². The summed E-state index contributed by atoms with van der Waals surface area (Å²) < 4.78 is 32.6. The summed E-state index contributed by atoms with van der Waals surface area (Å²) in [6.45, 7) is 2.62. The number of aliphatic carboxylic acids is 1. The lowest BCUT2D eigenvalue weighted by molar-refractivity contribution is -0.161. The zero-order chi connectivity index (χ0) is 43.5. The molecule has 11 nitrogen and oxygen atoms in total. The molecule has 0 saturated heterocycles. The van der Waals surface area contributed by atoms with Crippen LogP contribution < -0.4 is 5.73 Å². The van der Waals surface area contributed by atoms with E-state index in [1.807, 2.05) is 12.2 Å². The largest absolute Gasteiger partial charge is 0.480 e. The van der Waals surface area contributed by atoms with Gasteiger partial charge in [0.05, 0.1) is 13.2 Å². The summed E-state index contributed by atoms with van der Waals surface area (Å²) in [6, 6.07) is -1.53. The minimum atomic E-state index is -4.74. The Bertz CT molecular complexity index is 1280. The van der Waals surface area contributed by atoms with Crippen LogP contribution >= 0.6 is 7.82 Å². The van der Waals surface area contributed by atoms with Crippen LogP contribution in [0.1, 0.15) is 174 Å². The van der Waals surface area contributed by atoms with Gasteiger partial charge in [-0.05, 0) is 51.4 Å². The summed E-state index contributed by atoms with van der Waals surface area (Å²) in [7, 11) is -4.74. The molecule has 1 unspecified atom stereocenters. The molecule has 338 valence electrons. The summed E-state index contributed by atoms with van der Waals surface area (Å²) in [4.78, 5) is 46.0. The van der Waals surface area contributed by atoms with E-state index in [2.05, 4.69) is 79.1 Å². The molecular formula is C47H80NO10P. The zero-order valence-corrected chi connectivity index (χ0v) is 37.5. The van der Waals surface area contributed by atoms with Gasteiger partial charge in [0.2, 0.25) is 0 Å². The van der Waals surface area contributed by atoms with E-state index in [9.17, 15) is 23.8 Å². The van der Waals surface area contributed by atoms with Crippen LogP contribution in [0.25, 0.3) is 0 Å². The number of carboxylic acid groups (broad SMARTS) is 1. The van der Waals surface area contributed by atoms with Crippen molar-refractivity contribution in [1.82, 2.24) is 0 Å². The predicted molar refractivity (Wildman–Crippen MR) is 240 cm³/mol. The Morgan fingerprint density at radius 1 is 0.542 bits per heavy atom. The SMILES string of the molecule is CC/C=C/C/C=C/C/C=C/C/C=C/C/C=C/C/C=C/CCC(=O)OC[C@H](COP(=O)(O)OC[C@H](N)C(=O)O)OC(=O)CCCCCCCCCCCCCCCCCC. The van der Waals surface area contributed by atoms with Crippen molar-refractivity contribution < 1.29 is 47.5 Å². The lowest BCUT2D eigenvalue weighted by atomic mass is 10.0.